The van der Waals surface area contributed by atoms with E-state index in [9.17, 15) is 8.42 Å². The van der Waals surface area contributed by atoms with Crippen molar-refractivity contribution in [2.24, 2.45) is 0 Å². The third-order valence-corrected chi connectivity index (χ3v) is 4.56. The second kappa shape index (κ2) is 5.07. The van der Waals surface area contributed by atoms with E-state index in [0.717, 1.165) is 16.8 Å². The van der Waals surface area contributed by atoms with Crippen LogP contribution in [0.5, 0.6) is 0 Å². The highest BCUT2D eigenvalue weighted by Gasteiger charge is 2.13. The van der Waals surface area contributed by atoms with Crippen LogP contribution in [0.25, 0.3) is 0 Å². The van der Waals surface area contributed by atoms with Crippen molar-refractivity contribution in [2.75, 3.05) is 4.72 Å². The molecule has 0 amide bonds. The lowest BCUT2D eigenvalue weighted by molar-refractivity contribution is 0.600. The topological polar surface area (TPSA) is 59.1 Å². The van der Waals surface area contributed by atoms with Gasteiger partial charge in [0.2, 0.25) is 10.0 Å². The van der Waals surface area contributed by atoms with E-state index in [1.807, 2.05) is 43.5 Å². The van der Waals surface area contributed by atoms with Gasteiger partial charge in [0, 0.05) is 5.38 Å². The maximum atomic E-state index is 11.9. The van der Waals surface area contributed by atoms with Gasteiger partial charge in [0.25, 0.3) is 0 Å². The van der Waals surface area contributed by atoms with Crippen molar-refractivity contribution in [1.82, 2.24) is 4.98 Å². The van der Waals surface area contributed by atoms with Crippen molar-refractivity contribution in [1.29, 1.82) is 0 Å². The van der Waals surface area contributed by atoms with E-state index in [0.29, 0.717) is 5.13 Å². The normalized spacial score (nSPS) is 11.4. The van der Waals surface area contributed by atoms with Crippen molar-refractivity contribution in [3.8, 4) is 0 Å². The summed E-state index contributed by atoms with van der Waals surface area (Å²) in [4.78, 5) is 4.08. The molecule has 2 aromatic rings. The molecule has 4 nitrogen and oxygen atoms in total. The first-order chi connectivity index (χ1) is 8.44. The van der Waals surface area contributed by atoms with Gasteiger partial charge in [-0.25, -0.2) is 13.4 Å². The molecule has 1 aromatic heterocycles. The van der Waals surface area contributed by atoms with Crippen LogP contribution in [0.15, 0.2) is 29.6 Å². The summed E-state index contributed by atoms with van der Waals surface area (Å²) in [5.74, 6) is -0.0358. The first kappa shape index (κ1) is 13.0. The Morgan fingerprint density at radius 2 is 1.89 bits per heavy atom. The molecule has 1 N–H and O–H groups in total. The summed E-state index contributed by atoms with van der Waals surface area (Å²) in [7, 11) is -3.39. The zero-order valence-electron chi connectivity index (χ0n) is 10.2. The molecule has 0 saturated carbocycles. The van der Waals surface area contributed by atoms with Crippen LogP contribution in [0.2, 0.25) is 0 Å². The third kappa shape index (κ3) is 3.54. The smallest absolute Gasteiger partial charge is 0.238 e. The first-order valence-corrected chi connectivity index (χ1v) is 7.96. The van der Waals surface area contributed by atoms with Crippen LogP contribution in [-0.4, -0.2) is 13.4 Å². The predicted molar refractivity (Wildman–Crippen MR) is 74.3 cm³/mol. The lowest BCUT2D eigenvalue weighted by Crippen LogP contribution is -2.14. The molecule has 96 valence electrons. The molecule has 1 heterocycles. The second-order valence-corrected chi connectivity index (χ2v) is 6.72. The molecule has 0 unspecified atom stereocenters. The van der Waals surface area contributed by atoms with Crippen LogP contribution in [-0.2, 0) is 15.8 Å². The van der Waals surface area contributed by atoms with Crippen molar-refractivity contribution in [3.05, 3.63) is 46.5 Å². The van der Waals surface area contributed by atoms with Crippen molar-refractivity contribution in [3.63, 3.8) is 0 Å². The minimum absolute atomic E-state index is 0.0358. The first-order valence-electron chi connectivity index (χ1n) is 5.43. The van der Waals surface area contributed by atoms with E-state index in [4.69, 9.17) is 0 Å². The van der Waals surface area contributed by atoms with E-state index < -0.39 is 10.0 Å². The van der Waals surface area contributed by atoms with Crippen molar-refractivity contribution >= 4 is 26.5 Å². The number of nitrogens with zero attached hydrogens (tertiary/aromatic N) is 1. The second-order valence-electron chi connectivity index (χ2n) is 4.14. The van der Waals surface area contributed by atoms with E-state index in [-0.39, 0.29) is 5.75 Å². The molecule has 0 atom stereocenters. The van der Waals surface area contributed by atoms with Gasteiger partial charge in [-0.3, -0.25) is 4.72 Å². The summed E-state index contributed by atoms with van der Waals surface area (Å²) in [5.41, 5.74) is 2.69. The Morgan fingerprint density at radius 1 is 1.22 bits per heavy atom. The molecule has 0 bridgehead atoms. The molecule has 2 rings (SSSR count). The van der Waals surface area contributed by atoms with Crippen LogP contribution >= 0.6 is 11.3 Å². The largest absolute Gasteiger partial charge is 0.258 e. The predicted octanol–water partition coefficient (Wildman–Crippen LogP) is 2.70. The van der Waals surface area contributed by atoms with Crippen molar-refractivity contribution in [2.45, 2.75) is 19.6 Å². The summed E-state index contributed by atoms with van der Waals surface area (Å²) in [6.45, 7) is 3.79. The summed E-state index contributed by atoms with van der Waals surface area (Å²) < 4.78 is 26.3. The maximum absolute atomic E-state index is 11.9. The summed E-state index contributed by atoms with van der Waals surface area (Å²) in [6.07, 6.45) is 0. The third-order valence-electron chi connectivity index (χ3n) is 2.34. The SMILES string of the molecule is Cc1ccc(CS(=O)(=O)Nc2nc(C)cs2)cc1. The molecule has 0 aliphatic heterocycles. The molecule has 6 heteroatoms. The highest BCUT2D eigenvalue weighted by atomic mass is 32.2. The van der Waals surface area contributed by atoms with Gasteiger partial charge in [0.05, 0.1) is 11.4 Å². The lowest BCUT2D eigenvalue weighted by atomic mass is 10.2. The van der Waals surface area contributed by atoms with Gasteiger partial charge in [0.15, 0.2) is 5.13 Å². The molecular formula is C12H14N2O2S2. The Balaban J connectivity index is 2.10. The van der Waals surface area contributed by atoms with E-state index in [1.54, 1.807) is 0 Å². The lowest BCUT2D eigenvalue weighted by Gasteiger charge is -2.05. The van der Waals surface area contributed by atoms with Gasteiger partial charge < -0.3 is 0 Å². The molecule has 0 spiro atoms. The van der Waals surface area contributed by atoms with Gasteiger partial charge in [-0.15, -0.1) is 11.3 Å². The Hall–Kier alpha value is -1.40. The number of hydrogen-bond donors (Lipinski definition) is 1. The zero-order valence-corrected chi connectivity index (χ0v) is 11.8. The highest BCUT2D eigenvalue weighted by Crippen LogP contribution is 2.17. The molecule has 0 saturated heterocycles. The van der Waals surface area contributed by atoms with Crippen LogP contribution < -0.4 is 4.72 Å². The summed E-state index contributed by atoms with van der Waals surface area (Å²) >= 11 is 1.29. The monoisotopic (exact) mass is 282 g/mol. The average molecular weight is 282 g/mol. The van der Waals surface area contributed by atoms with Gasteiger partial charge in [-0.1, -0.05) is 29.8 Å². The van der Waals surface area contributed by atoms with E-state index >= 15 is 0 Å². The fourth-order valence-electron chi connectivity index (χ4n) is 1.47. The minimum atomic E-state index is -3.39. The number of hydrogen-bond acceptors (Lipinski definition) is 4. The molecule has 0 radical (unpaired) electrons. The number of aromatic nitrogens is 1. The molecular weight excluding hydrogens is 268 g/mol. The number of nitrogens with one attached hydrogen (secondary N) is 1. The Bertz CT molecular complexity index is 630. The van der Waals surface area contributed by atoms with E-state index in [1.165, 1.54) is 11.3 Å². The molecule has 0 aliphatic carbocycles. The van der Waals surface area contributed by atoms with Crippen molar-refractivity contribution < 1.29 is 8.42 Å². The zero-order chi connectivity index (χ0) is 13.2. The Labute approximate surface area is 111 Å². The standard InChI is InChI=1S/C12H14N2O2S2/c1-9-3-5-11(6-4-9)8-18(15,16)14-12-13-10(2)7-17-12/h3-7H,8H2,1-2H3,(H,13,14). The van der Waals surface area contributed by atoms with Crippen LogP contribution in [0.4, 0.5) is 5.13 Å². The number of thiazole rings is 1. The molecule has 18 heavy (non-hydrogen) atoms. The average Bonchev–Trinajstić information content (AvgIpc) is 2.66. The quantitative estimate of drug-likeness (QED) is 0.938. The van der Waals surface area contributed by atoms with Gasteiger partial charge >= 0.3 is 0 Å². The number of sulfonamides is 1. The molecule has 0 aliphatic rings. The summed E-state index contributed by atoms with van der Waals surface area (Å²) in [5, 5.41) is 2.23. The van der Waals surface area contributed by atoms with Gasteiger partial charge in [0.1, 0.15) is 0 Å². The fraction of sp³-hybridized carbons (Fsp3) is 0.250. The number of rotatable bonds is 4. The number of anilines is 1. The fourth-order valence-corrected chi connectivity index (χ4v) is 3.59. The van der Waals surface area contributed by atoms with Crippen LogP contribution in [0.1, 0.15) is 16.8 Å². The number of aryl methyl sites for hydroxylation is 2. The Morgan fingerprint density at radius 3 is 2.44 bits per heavy atom. The number of benzene rings is 1. The highest BCUT2D eigenvalue weighted by molar-refractivity contribution is 7.92. The van der Waals surface area contributed by atoms with Gasteiger partial charge in [-0.2, -0.15) is 0 Å². The minimum Gasteiger partial charge on any atom is -0.258 e. The van der Waals surface area contributed by atoms with E-state index in [2.05, 4.69) is 9.71 Å². The Kier molecular flexibility index (Phi) is 3.68. The van der Waals surface area contributed by atoms with Crippen LogP contribution in [0.3, 0.4) is 0 Å². The van der Waals surface area contributed by atoms with Gasteiger partial charge in [-0.05, 0) is 19.4 Å². The summed E-state index contributed by atoms with van der Waals surface area (Å²) in [6, 6.07) is 7.44. The molecule has 1 aromatic carbocycles. The maximum Gasteiger partial charge on any atom is 0.238 e. The van der Waals surface area contributed by atoms with Crippen LogP contribution in [0, 0.1) is 13.8 Å². The molecule has 0 fully saturated rings.